The van der Waals surface area contributed by atoms with Gasteiger partial charge in [-0.05, 0) is 25.5 Å². The Morgan fingerprint density at radius 2 is 2.14 bits per heavy atom. The van der Waals surface area contributed by atoms with E-state index in [1.165, 1.54) is 18.4 Å². The van der Waals surface area contributed by atoms with Gasteiger partial charge in [0.2, 0.25) is 5.91 Å². The van der Waals surface area contributed by atoms with Crippen molar-refractivity contribution >= 4 is 5.91 Å². The van der Waals surface area contributed by atoms with Gasteiger partial charge in [-0.1, -0.05) is 43.2 Å². The molecule has 2 rings (SSSR count). The van der Waals surface area contributed by atoms with E-state index in [9.17, 15) is 4.79 Å². The first-order valence-corrected chi connectivity index (χ1v) is 8.45. The standard InChI is InChI=1S/C18H29N3O/c1-3-4-10-21-11-9-19-17(14-21)12-18(22)20-13-16-7-5-15(2)6-8-16/h5-8,17,19H,3-4,9-14H2,1-2H3,(H,20,22). The zero-order valence-corrected chi connectivity index (χ0v) is 13.9. The zero-order valence-electron chi connectivity index (χ0n) is 13.9. The third-order valence-electron chi connectivity index (χ3n) is 4.21. The predicted octanol–water partition coefficient (Wildman–Crippen LogP) is 2.08. The van der Waals surface area contributed by atoms with E-state index in [2.05, 4.69) is 53.6 Å². The Morgan fingerprint density at radius 1 is 1.36 bits per heavy atom. The van der Waals surface area contributed by atoms with E-state index in [1.54, 1.807) is 0 Å². The van der Waals surface area contributed by atoms with E-state index in [0.717, 1.165) is 31.7 Å². The Kier molecular flexibility index (Phi) is 6.87. The summed E-state index contributed by atoms with van der Waals surface area (Å²) in [6, 6.07) is 8.58. The molecule has 4 heteroatoms. The lowest BCUT2D eigenvalue weighted by Gasteiger charge is -2.33. The smallest absolute Gasteiger partial charge is 0.221 e. The van der Waals surface area contributed by atoms with Gasteiger partial charge in [-0.2, -0.15) is 0 Å². The molecule has 1 fully saturated rings. The van der Waals surface area contributed by atoms with Crippen LogP contribution >= 0.6 is 0 Å². The summed E-state index contributed by atoms with van der Waals surface area (Å²) < 4.78 is 0. The van der Waals surface area contributed by atoms with Gasteiger partial charge < -0.3 is 15.5 Å². The summed E-state index contributed by atoms with van der Waals surface area (Å²) in [5.41, 5.74) is 2.40. The highest BCUT2D eigenvalue weighted by Gasteiger charge is 2.20. The second kappa shape index (κ2) is 8.91. The second-order valence-electron chi connectivity index (χ2n) is 6.27. The number of aryl methyl sites for hydroxylation is 1. The summed E-state index contributed by atoms with van der Waals surface area (Å²) in [5.74, 6) is 0.135. The van der Waals surface area contributed by atoms with Gasteiger partial charge in [-0.25, -0.2) is 0 Å². The van der Waals surface area contributed by atoms with Gasteiger partial charge in [0, 0.05) is 38.6 Å². The van der Waals surface area contributed by atoms with E-state index in [-0.39, 0.29) is 11.9 Å². The molecule has 0 spiro atoms. The number of benzene rings is 1. The van der Waals surface area contributed by atoms with Crippen LogP contribution in [0.4, 0.5) is 0 Å². The average Bonchev–Trinajstić information content (AvgIpc) is 2.53. The largest absolute Gasteiger partial charge is 0.352 e. The van der Waals surface area contributed by atoms with Crippen molar-refractivity contribution in [1.82, 2.24) is 15.5 Å². The maximum atomic E-state index is 12.1. The number of nitrogens with one attached hydrogen (secondary N) is 2. The molecular weight excluding hydrogens is 274 g/mol. The number of carbonyl (C=O) groups is 1. The Morgan fingerprint density at radius 3 is 2.86 bits per heavy atom. The van der Waals surface area contributed by atoms with Crippen LogP contribution in [0.3, 0.4) is 0 Å². The summed E-state index contributed by atoms with van der Waals surface area (Å²) in [7, 11) is 0. The van der Waals surface area contributed by atoms with Crippen molar-refractivity contribution in [2.75, 3.05) is 26.2 Å². The fourth-order valence-corrected chi connectivity index (χ4v) is 2.82. The van der Waals surface area contributed by atoms with Crippen molar-refractivity contribution in [2.45, 2.75) is 45.7 Å². The third-order valence-corrected chi connectivity index (χ3v) is 4.21. The van der Waals surface area contributed by atoms with Gasteiger partial charge in [-0.15, -0.1) is 0 Å². The van der Waals surface area contributed by atoms with Crippen molar-refractivity contribution in [3.8, 4) is 0 Å². The molecule has 1 aliphatic heterocycles. The molecule has 1 unspecified atom stereocenters. The summed E-state index contributed by atoms with van der Waals surface area (Å²) in [6.45, 7) is 9.13. The topological polar surface area (TPSA) is 44.4 Å². The van der Waals surface area contributed by atoms with Crippen LogP contribution in [0.1, 0.15) is 37.3 Å². The molecule has 1 atom stereocenters. The molecule has 1 heterocycles. The summed E-state index contributed by atoms with van der Waals surface area (Å²) in [6.07, 6.45) is 3.03. The molecule has 1 amide bonds. The Hall–Kier alpha value is -1.39. The van der Waals surface area contributed by atoms with E-state index >= 15 is 0 Å². The lowest BCUT2D eigenvalue weighted by molar-refractivity contribution is -0.122. The molecule has 0 aromatic heterocycles. The number of unbranched alkanes of at least 4 members (excludes halogenated alkanes) is 1. The van der Waals surface area contributed by atoms with Crippen molar-refractivity contribution in [1.29, 1.82) is 0 Å². The van der Waals surface area contributed by atoms with E-state index in [4.69, 9.17) is 0 Å². The quantitative estimate of drug-likeness (QED) is 0.810. The van der Waals surface area contributed by atoms with Crippen LogP contribution in [0.5, 0.6) is 0 Å². The Labute approximate surface area is 134 Å². The lowest BCUT2D eigenvalue weighted by atomic mass is 10.1. The molecule has 0 radical (unpaired) electrons. The normalized spacial score (nSPS) is 19.1. The Balaban J connectivity index is 1.70. The monoisotopic (exact) mass is 303 g/mol. The van der Waals surface area contributed by atoms with E-state index in [1.807, 2.05) is 0 Å². The van der Waals surface area contributed by atoms with Crippen molar-refractivity contribution < 1.29 is 4.79 Å². The summed E-state index contributed by atoms with van der Waals surface area (Å²) in [4.78, 5) is 14.6. The second-order valence-corrected chi connectivity index (χ2v) is 6.27. The third kappa shape index (κ3) is 5.78. The lowest BCUT2D eigenvalue weighted by Crippen LogP contribution is -2.52. The molecule has 1 aliphatic rings. The van der Waals surface area contributed by atoms with Gasteiger partial charge in [0.25, 0.3) is 0 Å². The number of hydrogen-bond donors (Lipinski definition) is 2. The minimum absolute atomic E-state index is 0.135. The van der Waals surface area contributed by atoms with Crippen LogP contribution in [0.25, 0.3) is 0 Å². The maximum Gasteiger partial charge on any atom is 0.221 e. The summed E-state index contributed by atoms with van der Waals surface area (Å²) in [5, 5.41) is 6.49. The number of amides is 1. The number of rotatable bonds is 7. The molecule has 4 nitrogen and oxygen atoms in total. The van der Waals surface area contributed by atoms with Gasteiger partial charge in [0.05, 0.1) is 0 Å². The molecule has 0 aliphatic carbocycles. The van der Waals surface area contributed by atoms with Gasteiger partial charge in [0.15, 0.2) is 0 Å². The minimum atomic E-state index is 0.135. The first-order valence-electron chi connectivity index (χ1n) is 8.45. The number of hydrogen-bond acceptors (Lipinski definition) is 3. The van der Waals surface area contributed by atoms with Crippen molar-refractivity contribution in [2.24, 2.45) is 0 Å². The first-order chi connectivity index (χ1) is 10.7. The van der Waals surface area contributed by atoms with Crippen LogP contribution < -0.4 is 10.6 Å². The summed E-state index contributed by atoms with van der Waals surface area (Å²) >= 11 is 0. The number of carbonyl (C=O) groups excluding carboxylic acids is 1. The van der Waals surface area contributed by atoms with Gasteiger partial charge >= 0.3 is 0 Å². The van der Waals surface area contributed by atoms with Crippen molar-refractivity contribution in [3.63, 3.8) is 0 Å². The van der Waals surface area contributed by atoms with Crippen LogP contribution in [0.2, 0.25) is 0 Å². The van der Waals surface area contributed by atoms with Crippen LogP contribution in [0.15, 0.2) is 24.3 Å². The van der Waals surface area contributed by atoms with E-state index < -0.39 is 0 Å². The molecule has 0 bridgehead atoms. The van der Waals surface area contributed by atoms with Gasteiger partial charge in [-0.3, -0.25) is 4.79 Å². The minimum Gasteiger partial charge on any atom is -0.352 e. The maximum absolute atomic E-state index is 12.1. The highest BCUT2D eigenvalue weighted by atomic mass is 16.1. The predicted molar refractivity (Wildman–Crippen MR) is 90.8 cm³/mol. The zero-order chi connectivity index (χ0) is 15.8. The van der Waals surface area contributed by atoms with Crippen LogP contribution in [-0.4, -0.2) is 43.0 Å². The fraction of sp³-hybridized carbons (Fsp3) is 0.611. The molecule has 2 N–H and O–H groups in total. The number of nitrogens with zero attached hydrogens (tertiary/aromatic N) is 1. The molecule has 1 aromatic rings. The van der Waals surface area contributed by atoms with E-state index in [0.29, 0.717) is 13.0 Å². The SMILES string of the molecule is CCCCN1CCNC(CC(=O)NCc2ccc(C)cc2)C1. The molecule has 1 saturated heterocycles. The van der Waals surface area contributed by atoms with Crippen LogP contribution in [0, 0.1) is 6.92 Å². The average molecular weight is 303 g/mol. The first kappa shape index (κ1) is 17.0. The van der Waals surface area contributed by atoms with Gasteiger partial charge in [0.1, 0.15) is 0 Å². The number of piperazine rings is 1. The molecule has 0 saturated carbocycles. The Bertz CT molecular complexity index is 458. The molecule has 1 aromatic carbocycles. The highest BCUT2D eigenvalue weighted by Crippen LogP contribution is 2.06. The fourth-order valence-electron chi connectivity index (χ4n) is 2.82. The highest BCUT2D eigenvalue weighted by molar-refractivity contribution is 5.76. The van der Waals surface area contributed by atoms with Crippen molar-refractivity contribution in [3.05, 3.63) is 35.4 Å². The molecule has 22 heavy (non-hydrogen) atoms. The molecular formula is C18H29N3O. The van der Waals surface area contributed by atoms with Crippen LogP contribution in [-0.2, 0) is 11.3 Å². The molecule has 122 valence electrons.